The van der Waals surface area contributed by atoms with Gasteiger partial charge in [0.25, 0.3) is 0 Å². The standard InChI is InChI=1S/C19H24N2O4S2/c1-15-3-9-18(10-4-15)26(22,23)20-13-14-21(17-7-8-17)27(24,25)19-11-5-16(2)6-12-19/h3-6,9-12,17,20H,7-8,13-14H2,1-2H3. The van der Waals surface area contributed by atoms with Crippen LogP contribution in [0.4, 0.5) is 0 Å². The van der Waals surface area contributed by atoms with Crippen LogP contribution in [0.1, 0.15) is 24.0 Å². The molecule has 146 valence electrons. The van der Waals surface area contributed by atoms with E-state index >= 15 is 0 Å². The number of sulfonamides is 2. The Hall–Kier alpha value is -1.74. The van der Waals surface area contributed by atoms with Crippen molar-refractivity contribution in [2.24, 2.45) is 0 Å². The summed E-state index contributed by atoms with van der Waals surface area (Å²) in [5.74, 6) is 0. The van der Waals surface area contributed by atoms with E-state index in [1.807, 2.05) is 13.8 Å². The molecule has 1 saturated carbocycles. The number of rotatable bonds is 8. The average molecular weight is 409 g/mol. The first-order chi connectivity index (χ1) is 12.7. The van der Waals surface area contributed by atoms with E-state index in [2.05, 4.69) is 4.72 Å². The summed E-state index contributed by atoms with van der Waals surface area (Å²) in [4.78, 5) is 0.411. The molecule has 0 bridgehead atoms. The lowest BCUT2D eigenvalue weighted by atomic mass is 10.2. The summed E-state index contributed by atoms with van der Waals surface area (Å²) in [6.07, 6.45) is 1.60. The van der Waals surface area contributed by atoms with Gasteiger partial charge in [-0.15, -0.1) is 0 Å². The maximum atomic E-state index is 12.9. The van der Waals surface area contributed by atoms with E-state index in [1.54, 1.807) is 48.5 Å². The minimum absolute atomic E-state index is 0.0256. The Kier molecular flexibility index (Phi) is 5.71. The van der Waals surface area contributed by atoms with Crippen LogP contribution in [-0.2, 0) is 20.0 Å². The first-order valence-electron chi connectivity index (χ1n) is 8.85. The second kappa shape index (κ2) is 7.71. The molecule has 0 saturated heterocycles. The van der Waals surface area contributed by atoms with Gasteiger partial charge in [-0.05, 0) is 51.0 Å². The Balaban J connectivity index is 1.70. The van der Waals surface area contributed by atoms with Crippen molar-refractivity contribution in [2.75, 3.05) is 13.1 Å². The molecular formula is C19H24N2O4S2. The smallest absolute Gasteiger partial charge is 0.210 e. The highest BCUT2D eigenvalue weighted by molar-refractivity contribution is 7.89. The molecule has 0 spiro atoms. The second-order valence-corrected chi connectivity index (χ2v) is 10.5. The first-order valence-corrected chi connectivity index (χ1v) is 11.8. The van der Waals surface area contributed by atoms with Crippen LogP contribution in [-0.4, -0.2) is 40.3 Å². The third-order valence-corrected chi connectivity index (χ3v) is 7.98. The number of nitrogens with zero attached hydrogens (tertiary/aromatic N) is 1. The molecule has 3 rings (SSSR count). The molecule has 0 atom stereocenters. The summed E-state index contributed by atoms with van der Waals surface area (Å²) < 4.78 is 54.6. The van der Waals surface area contributed by atoms with Crippen molar-refractivity contribution in [3.63, 3.8) is 0 Å². The molecule has 6 nitrogen and oxygen atoms in total. The van der Waals surface area contributed by atoms with E-state index in [-0.39, 0.29) is 28.9 Å². The van der Waals surface area contributed by atoms with Gasteiger partial charge in [0.1, 0.15) is 0 Å². The number of nitrogens with one attached hydrogen (secondary N) is 1. The molecule has 2 aromatic carbocycles. The average Bonchev–Trinajstić information content (AvgIpc) is 3.44. The SMILES string of the molecule is Cc1ccc(S(=O)(=O)NCCN(C2CC2)S(=O)(=O)c2ccc(C)cc2)cc1. The van der Waals surface area contributed by atoms with Crippen molar-refractivity contribution in [1.82, 2.24) is 9.03 Å². The van der Waals surface area contributed by atoms with Crippen LogP contribution < -0.4 is 4.72 Å². The zero-order valence-corrected chi connectivity index (χ0v) is 17.1. The fourth-order valence-corrected chi connectivity index (χ4v) is 5.50. The van der Waals surface area contributed by atoms with Crippen LogP contribution >= 0.6 is 0 Å². The number of hydrogen-bond donors (Lipinski definition) is 1. The first kappa shape index (κ1) is 20.0. The topological polar surface area (TPSA) is 83.6 Å². The van der Waals surface area contributed by atoms with Gasteiger partial charge in [-0.3, -0.25) is 0 Å². The van der Waals surface area contributed by atoms with Crippen LogP contribution in [0.2, 0.25) is 0 Å². The molecule has 2 aromatic rings. The van der Waals surface area contributed by atoms with Gasteiger partial charge < -0.3 is 0 Å². The van der Waals surface area contributed by atoms with Gasteiger partial charge >= 0.3 is 0 Å². The quantitative estimate of drug-likeness (QED) is 0.727. The van der Waals surface area contributed by atoms with Gasteiger partial charge in [0.2, 0.25) is 20.0 Å². The Bertz CT molecular complexity index is 995. The lowest BCUT2D eigenvalue weighted by Crippen LogP contribution is -2.39. The Morgan fingerprint density at radius 3 is 1.81 bits per heavy atom. The molecule has 0 heterocycles. The molecule has 0 aliphatic heterocycles. The van der Waals surface area contributed by atoms with E-state index < -0.39 is 20.0 Å². The number of aryl methyl sites for hydroxylation is 2. The van der Waals surface area contributed by atoms with E-state index in [9.17, 15) is 16.8 Å². The maximum absolute atomic E-state index is 12.9. The van der Waals surface area contributed by atoms with Gasteiger partial charge in [0.05, 0.1) is 9.79 Å². The lowest BCUT2D eigenvalue weighted by Gasteiger charge is -2.22. The minimum Gasteiger partial charge on any atom is -0.210 e. The largest absolute Gasteiger partial charge is 0.243 e. The predicted octanol–water partition coefficient (Wildman–Crippen LogP) is 2.44. The molecule has 1 aliphatic carbocycles. The molecule has 1 aliphatic rings. The summed E-state index contributed by atoms with van der Waals surface area (Å²) in [5, 5.41) is 0. The van der Waals surface area contributed by atoms with Gasteiger partial charge in [0, 0.05) is 19.1 Å². The summed E-state index contributed by atoms with van der Waals surface area (Å²) >= 11 is 0. The van der Waals surface area contributed by atoms with Crippen molar-refractivity contribution in [2.45, 2.75) is 42.5 Å². The highest BCUT2D eigenvalue weighted by atomic mass is 32.2. The fraction of sp³-hybridized carbons (Fsp3) is 0.368. The van der Waals surface area contributed by atoms with Crippen LogP contribution in [0.25, 0.3) is 0 Å². The summed E-state index contributed by atoms with van der Waals surface area (Å²) in [5.41, 5.74) is 1.95. The van der Waals surface area contributed by atoms with Crippen molar-refractivity contribution in [3.05, 3.63) is 59.7 Å². The Labute approximate surface area is 161 Å². The predicted molar refractivity (Wildman–Crippen MR) is 104 cm³/mol. The number of hydrogen-bond acceptors (Lipinski definition) is 4. The highest BCUT2D eigenvalue weighted by Gasteiger charge is 2.37. The molecule has 0 radical (unpaired) electrons. The van der Waals surface area contributed by atoms with Crippen LogP contribution in [0.5, 0.6) is 0 Å². The monoisotopic (exact) mass is 408 g/mol. The van der Waals surface area contributed by atoms with Crippen molar-refractivity contribution < 1.29 is 16.8 Å². The normalized spacial score (nSPS) is 15.2. The van der Waals surface area contributed by atoms with Gasteiger partial charge in [-0.2, -0.15) is 4.31 Å². The molecule has 0 unspecified atom stereocenters. The number of benzene rings is 2. The lowest BCUT2D eigenvalue weighted by molar-refractivity contribution is 0.406. The van der Waals surface area contributed by atoms with Crippen molar-refractivity contribution in [1.29, 1.82) is 0 Å². The molecule has 0 aromatic heterocycles. The van der Waals surface area contributed by atoms with Crippen LogP contribution in [0, 0.1) is 13.8 Å². The fourth-order valence-electron chi connectivity index (χ4n) is 2.80. The Morgan fingerprint density at radius 2 is 1.33 bits per heavy atom. The third-order valence-electron chi connectivity index (χ3n) is 4.54. The zero-order chi connectivity index (χ0) is 19.7. The van der Waals surface area contributed by atoms with E-state index in [4.69, 9.17) is 0 Å². The Morgan fingerprint density at radius 1 is 0.852 bits per heavy atom. The van der Waals surface area contributed by atoms with E-state index in [0.29, 0.717) is 0 Å². The molecular weight excluding hydrogens is 384 g/mol. The van der Waals surface area contributed by atoms with Crippen LogP contribution in [0.3, 0.4) is 0 Å². The zero-order valence-electron chi connectivity index (χ0n) is 15.4. The second-order valence-electron chi connectivity index (χ2n) is 6.87. The minimum atomic E-state index is -3.67. The van der Waals surface area contributed by atoms with Crippen LogP contribution in [0.15, 0.2) is 58.3 Å². The molecule has 1 N–H and O–H groups in total. The molecule has 27 heavy (non-hydrogen) atoms. The van der Waals surface area contributed by atoms with Crippen molar-refractivity contribution >= 4 is 20.0 Å². The summed E-state index contributed by atoms with van der Waals surface area (Å²) in [7, 11) is -7.31. The molecule has 1 fully saturated rings. The van der Waals surface area contributed by atoms with E-state index in [1.165, 1.54) is 4.31 Å². The maximum Gasteiger partial charge on any atom is 0.243 e. The molecule has 0 amide bonds. The van der Waals surface area contributed by atoms with E-state index in [0.717, 1.165) is 24.0 Å². The van der Waals surface area contributed by atoms with Gasteiger partial charge in [0.15, 0.2) is 0 Å². The highest BCUT2D eigenvalue weighted by Crippen LogP contribution is 2.31. The van der Waals surface area contributed by atoms with Gasteiger partial charge in [-0.25, -0.2) is 21.6 Å². The molecule has 8 heteroatoms. The van der Waals surface area contributed by atoms with Gasteiger partial charge in [-0.1, -0.05) is 35.4 Å². The third kappa shape index (κ3) is 4.76. The van der Waals surface area contributed by atoms with Crippen molar-refractivity contribution in [3.8, 4) is 0 Å². The summed E-state index contributed by atoms with van der Waals surface area (Å²) in [6, 6.07) is 13.2. The summed E-state index contributed by atoms with van der Waals surface area (Å²) in [6.45, 7) is 3.91.